The first-order valence-electron chi connectivity index (χ1n) is 6.96. The van der Waals surface area contributed by atoms with Gasteiger partial charge in [0.2, 0.25) is 0 Å². The van der Waals surface area contributed by atoms with E-state index in [1.165, 1.54) is 5.56 Å². The molecule has 1 unspecified atom stereocenters. The molecule has 0 saturated heterocycles. The Hall–Kier alpha value is -1.07. The van der Waals surface area contributed by atoms with Crippen molar-refractivity contribution < 1.29 is 4.74 Å². The van der Waals surface area contributed by atoms with Crippen molar-refractivity contribution in [3.63, 3.8) is 0 Å². The molecule has 0 heterocycles. The van der Waals surface area contributed by atoms with Crippen LogP contribution >= 0.6 is 22.6 Å². The van der Waals surface area contributed by atoms with Gasteiger partial charge in [0, 0.05) is 6.04 Å². The van der Waals surface area contributed by atoms with E-state index < -0.39 is 0 Å². The summed E-state index contributed by atoms with van der Waals surface area (Å²) < 4.78 is 7.01. The van der Waals surface area contributed by atoms with Crippen molar-refractivity contribution in [3.8, 4) is 11.5 Å². The molecule has 0 fully saturated rings. The Bertz CT molecular complexity index is 539. The van der Waals surface area contributed by atoms with Crippen molar-refractivity contribution in [2.24, 2.45) is 0 Å². The number of para-hydroxylation sites is 1. The first-order chi connectivity index (χ1) is 9.70. The molecular weight excluding hydrogens is 361 g/mol. The third-order valence-corrected chi connectivity index (χ3v) is 4.04. The summed E-state index contributed by atoms with van der Waals surface area (Å²) in [4.78, 5) is 0. The van der Waals surface area contributed by atoms with Crippen LogP contribution < -0.4 is 10.1 Å². The van der Waals surface area contributed by atoms with Crippen molar-refractivity contribution in [1.29, 1.82) is 0 Å². The predicted octanol–water partition coefficient (Wildman–Crippen LogP) is 5.14. The Labute approximate surface area is 134 Å². The van der Waals surface area contributed by atoms with E-state index in [1.807, 2.05) is 36.4 Å². The second-order valence-electron chi connectivity index (χ2n) is 4.78. The summed E-state index contributed by atoms with van der Waals surface area (Å²) in [5.74, 6) is 1.78. The van der Waals surface area contributed by atoms with Gasteiger partial charge in [-0.25, -0.2) is 0 Å². The molecule has 0 aromatic heterocycles. The van der Waals surface area contributed by atoms with Gasteiger partial charge in [0.05, 0.1) is 3.57 Å². The van der Waals surface area contributed by atoms with Crippen LogP contribution in [0.5, 0.6) is 11.5 Å². The Morgan fingerprint density at radius 1 is 1.10 bits per heavy atom. The average Bonchev–Trinajstić information content (AvgIpc) is 2.48. The van der Waals surface area contributed by atoms with E-state index in [1.54, 1.807) is 0 Å². The van der Waals surface area contributed by atoms with Gasteiger partial charge in [-0.15, -0.1) is 0 Å². The molecule has 20 heavy (non-hydrogen) atoms. The van der Waals surface area contributed by atoms with E-state index >= 15 is 0 Å². The van der Waals surface area contributed by atoms with Gasteiger partial charge in [-0.05, 0) is 72.3 Å². The molecule has 0 aliphatic rings. The topological polar surface area (TPSA) is 21.3 Å². The van der Waals surface area contributed by atoms with Crippen LogP contribution in [0.2, 0.25) is 0 Å². The largest absolute Gasteiger partial charge is 0.456 e. The van der Waals surface area contributed by atoms with Crippen molar-refractivity contribution in [2.75, 3.05) is 6.54 Å². The average molecular weight is 381 g/mol. The maximum Gasteiger partial charge on any atom is 0.140 e. The van der Waals surface area contributed by atoms with Gasteiger partial charge in [-0.3, -0.25) is 0 Å². The molecule has 2 rings (SSSR count). The van der Waals surface area contributed by atoms with E-state index in [0.29, 0.717) is 6.04 Å². The fraction of sp³-hybridized carbons (Fsp3) is 0.294. The van der Waals surface area contributed by atoms with Gasteiger partial charge >= 0.3 is 0 Å². The highest BCUT2D eigenvalue weighted by atomic mass is 127. The summed E-state index contributed by atoms with van der Waals surface area (Å²) in [6, 6.07) is 16.7. The lowest BCUT2D eigenvalue weighted by molar-refractivity contribution is 0.478. The monoisotopic (exact) mass is 381 g/mol. The Morgan fingerprint density at radius 3 is 2.45 bits per heavy atom. The number of halogens is 1. The summed E-state index contributed by atoms with van der Waals surface area (Å²) in [5.41, 5.74) is 1.29. The zero-order chi connectivity index (χ0) is 14.4. The Kier molecular flexibility index (Phi) is 5.86. The number of benzene rings is 2. The molecule has 3 heteroatoms. The molecule has 0 aliphatic heterocycles. The molecule has 1 N–H and O–H groups in total. The zero-order valence-corrected chi connectivity index (χ0v) is 14.1. The summed E-state index contributed by atoms with van der Waals surface area (Å²) in [5, 5.41) is 3.48. The van der Waals surface area contributed by atoms with Crippen LogP contribution in [0.25, 0.3) is 0 Å². The Morgan fingerprint density at radius 2 is 1.80 bits per heavy atom. The quantitative estimate of drug-likeness (QED) is 0.700. The third kappa shape index (κ3) is 4.21. The minimum atomic E-state index is 0.376. The minimum absolute atomic E-state index is 0.376. The SMILES string of the molecule is CCCNC(C)c1ccc(Oc2ccccc2I)cc1. The van der Waals surface area contributed by atoms with E-state index in [-0.39, 0.29) is 0 Å². The number of nitrogens with one attached hydrogen (secondary N) is 1. The summed E-state index contributed by atoms with van der Waals surface area (Å²) >= 11 is 2.28. The standard InChI is InChI=1S/C17H20INO/c1-3-12-19-13(2)14-8-10-15(11-9-14)20-17-7-5-4-6-16(17)18/h4-11,13,19H,3,12H2,1-2H3. The normalized spacial score (nSPS) is 12.2. The molecule has 0 radical (unpaired) electrons. The van der Waals surface area contributed by atoms with Crippen molar-refractivity contribution in [1.82, 2.24) is 5.32 Å². The Balaban J connectivity index is 2.03. The van der Waals surface area contributed by atoms with Crippen molar-refractivity contribution in [2.45, 2.75) is 26.3 Å². The molecular formula is C17H20INO. The van der Waals surface area contributed by atoms with Crippen LogP contribution in [-0.4, -0.2) is 6.54 Å². The summed E-state index contributed by atoms with van der Waals surface area (Å²) in [6.45, 7) is 5.41. The number of hydrogen-bond donors (Lipinski definition) is 1. The lowest BCUT2D eigenvalue weighted by Gasteiger charge is -2.14. The smallest absolute Gasteiger partial charge is 0.140 e. The maximum absolute atomic E-state index is 5.90. The number of hydrogen-bond acceptors (Lipinski definition) is 2. The van der Waals surface area contributed by atoms with Gasteiger partial charge in [0.15, 0.2) is 0 Å². The fourth-order valence-corrected chi connectivity index (χ4v) is 2.46. The molecule has 0 spiro atoms. The molecule has 2 nitrogen and oxygen atoms in total. The van der Waals surface area contributed by atoms with Crippen LogP contribution in [0.3, 0.4) is 0 Å². The van der Waals surface area contributed by atoms with Crippen LogP contribution in [0.1, 0.15) is 31.9 Å². The fourth-order valence-electron chi connectivity index (χ4n) is 1.96. The van der Waals surface area contributed by atoms with Crippen LogP contribution in [-0.2, 0) is 0 Å². The predicted molar refractivity (Wildman–Crippen MR) is 92.4 cm³/mol. The summed E-state index contributed by atoms with van der Waals surface area (Å²) in [7, 11) is 0. The van der Waals surface area contributed by atoms with Crippen LogP contribution in [0.15, 0.2) is 48.5 Å². The first-order valence-corrected chi connectivity index (χ1v) is 8.04. The second-order valence-corrected chi connectivity index (χ2v) is 5.94. The van der Waals surface area contributed by atoms with Crippen molar-refractivity contribution >= 4 is 22.6 Å². The lowest BCUT2D eigenvalue weighted by Crippen LogP contribution is -2.19. The molecule has 106 valence electrons. The molecule has 0 saturated carbocycles. The molecule has 1 atom stereocenters. The maximum atomic E-state index is 5.90. The highest BCUT2D eigenvalue weighted by molar-refractivity contribution is 14.1. The summed E-state index contributed by atoms with van der Waals surface area (Å²) in [6.07, 6.45) is 1.15. The first kappa shape index (κ1) is 15.3. The van der Waals surface area contributed by atoms with Gasteiger partial charge in [0.25, 0.3) is 0 Å². The molecule has 2 aromatic carbocycles. The number of ether oxygens (including phenoxy) is 1. The van der Waals surface area contributed by atoms with E-state index in [4.69, 9.17) is 4.74 Å². The van der Waals surface area contributed by atoms with E-state index in [2.05, 4.69) is 53.9 Å². The molecule has 0 amide bonds. The third-order valence-electron chi connectivity index (χ3n) is 3.15. The van der Waals surface area contributed by atoms with Crippen molar-refractivity contribution in [3.05, 3.63) is 57.7 Å². The minimum Gasteiger partial charge on any atom is -0.456 e. The highest BCUT2D eigenvalue weighted by Crippen LogP contribution is 2.27. The highest BCUT2D eigenvalue weighted by Gasteiger charge is 2.05. The number of rotatable bonds is 6. The van der Waals surface area contributed by atoms with Gasteiger partial charge < -0.3 is 10.1 Å². The second kappa shape index (κ2) is 7.64. The molecule has 2 aromatic rings. The van der Waals surface area contributed by atoms with Gasteiger partial charge in [-0.2, -0.15) is 0 Å². The van der Waals surface area contributed by atoms with Crippen LogP contribution in [0.4, 0.5) is 0 Å². The van der Waals surface area contributed by atoms with E-state index in [0.717, 1.165) is 28.0 Å². The van der Waals surface area contributed by atoms with E-state index in [9.17, 15) is 0 Å². The van der Waals surface area contributed by atoms with Crippen LogP contribution in [0, 0.1) is 3.57 Å². The van der Waals surface area contributed by atoms with Gasteiger partial charge in [-0.1, -0.05) is 31.2 Å². The zero-order valence-electron chi connectivity index (χ0n) is 11.9. The molecule has 0 aliphatic carbocycles. The molecule has 0 bridgehead atoms. The van der Waals surface area contributed by atoms with Gasteiger partial charge in [0.1, 0.15) is 11.5 Å². The lowest BCUT2D eigenvalue weighted by atomic mass is 10.1.